The van der Waals surface area contributed by atoms with Gasteiger partial charge in [0.25, 0.3) is 0 Å². The molecule has 2 aromatic carbocycles. The van der Waals surface area contributed by atoms with E-state index < -0.39 is 0 Å². The number of fused-ring (bicyclic) bond motifs is 2. The van der Waals surface area contributed by atoms with Gasteiger partial charge in [-0.05, 0) is 62.7 Å². The van der Waals surface area contributed by atoms with Crippen LogP contribution in [0.1, 0.15) is 49.9 Å². The molecule has 8 heteroatoms. The van der Waals surface area contributed by atoms with Crippen LogP contribution in [0.4, 0.5) is 11.5 Å². The first-order valence-electron chi connectivity index (χ1n) is 14.5. The van der Waals surface area contributed by atoms with Crippen molar-refractivity contribution in [2.24, 2.45) is 5.92 Å². The average molecular weight is 530 g/mol. The molecule has 0 saturated carbocycles. The molecule has 6 rings (SSSR count). The summed E-state index contributed by atoms with van der Waals surface area (Å²) in [6.07, 6.45) is 4.85. The van der Waals surface area contributed by atoms with Gasteiger partial charge in [0.2, 0.25) is 0 Å². The zero-order chi connectivity index (χ0) is 26.9. The number of aromatic nitrogens is 2. The summed E-state index contributed by atoms with van der Waals surface area (Å²) < 4.78 is 11.7. The number of nitrogens with one attached hydrogen (secondary N) is 1. The van der Waals surface area contributed by atoms with Gasteiger partial charge in [-0.15, -0.1) is 0 Å². The minimum absolute atomic E-state index is 0.0297. The molecule has 3 aromatic rings. The molecule has 206 valence electrons. The van der Waals surface area contributed by atoms with Crippen LogP contribution in [0.5, 0.6) is 6.01 Å². The lowest BCUT2D eigenvalue weighted by atomic mass is 9.89. The van der Waals surface area contributed by atoms with Gasteiger partial charge in [-0.25, -0.2) is 0 Å². The number of esters is 1. The van der Waals surface area contributed by atoms with Crippen molar-refractivity contribution < 1.29 is 14.3 Å². The summed E-state index contributed by atoms with van der Waals surface area (Å²) >= 11 is 0. The molecular weight excluding hydrogens is 490 g/mol. The van der Waals surface area contributed by atoms with Gasteiger partial charge in [0.15, 0.2) is 0 Å². The van der Waals surface area contributed by atoms with Crippen molar-refractivity contribution in [2.45, 2.75) is 64.6 Å². The molecule has 0 spiro atoms. The Labute approximate surface area is 230 Å². The molecule has 3 aliphatic heterocycles. The lowest BCUT2D eigenvalue weighted by Gasteiger charge is -2.44. The van der Waals surface area contributed by atoms with Crippen molar-refractivity contribution >= 4 is 28.2 Å². The quantitative estimate of drug-likeness (QED) is 0.403. The van der Waals surface area contributed by atoms with Gasteiger partial charge in [0.05, 0.1) is 24.7 Å². The first-order chi connectivity index (χ1) is 19.1. The van der Waals surface area contributed by atoms with Crippen LogP contribution < -0.4 is 15.0 Å². The van der Waals surface area contributed by atoms with Crippen LogP contribution in [0.15, 0.2) is 36.4 Å². The van der Waals surface area contributed by atoms with Crippen LogP contribution >= 0.6 is 0 Å². The van der Waals surface area contributed by atoms with Crippen LogP contribution in [-0.4, -0.2) is 66.3 Å². The molecule has 0 radical (unpaired) electrons. The maximum Gasteiger partial charge on any atom is 0.318 e. The second-order valence-electron chi connectivity index (χ2n) is 11.0. The van der Waals surface area contributed by atoms with Crippen molar-refractivity contribution in [3.63, 3.8) is 0 Å². The van der Waals surface area contributed by atoms with E-state index in [1.807, 2.05) is 0 Å². The summed E-state index contributed by atoms with van der Waals surface area (Å²) in [4.78, 5) is 26.4. The second-order valence-corrected chi connectivity index (χ2v) is 11.0. The topological polar surface area (TPSA) is 79.8 Å². The number of hydrogen-bond acceptors (Lipinski definition) is 8. The van der Waals surface area contributed by atoms with Crippen LogP contribution in [0.2, 0.25) is 0 Å². The number of aryl methyl sites for hydroxylation is 1. The number of hydrogen-bond donors (Lipinski definition) is 1. The Kier molecular flexibility index (Phi) is 7.30. The molecule has 1 N–H and O–H groups in total. The molecule has 0 bridgehead atoms. The summed E-state index contributed by atoms with van der Waals surface area (Å²) in [5, 5.41) is 6.21. The number of anilines is 2. The van der Waals surface area contributed by atoms with Crippen molar-refractivity contribution in [3.8, 4) is 6.01 Å². The molecule has 1 aromatic heterocycles. The van der Waals surface area contributed by atoms with Crippen LogP contribution in [-0.2, 0) is 28.9 Å². The Morgan fingerprint density at radius 3 is 2.64 bits per heavy atom. The van der Waals surface area contributed by atoms with Crippen molar-refractivity contribution in [3.05, 3.63) is 53.2 Å². The van der Waals surface area contributed by atoms with Crippen molar-refractivity contribution in [2.75, 3.05) is 43.5 Å². The van der Waals surface area contributed by atoms with E-state index in [1.165, 1.54) is 22.8 Å². The highest BCUT2D eigenvalue weighted by atomic mass is 16.6. The number of nitrogens with zero attached hydrogens (tertiary/aromatic N) is 4. The highest BCUT2D eigenvalue weighted by Gasteiger charge is 2.46. The highest BCUT2D eigenvalue weighted by Crippen LogP contribution is 2.35. The predicted octanol–water partition coefficient (Wildman–Crippen LogP) is 4.59. The van der Waals surface area contributed by atoms with E-state index in [1.54, 1.807) is 0 Å². The fraction of sp³-hybridized carbons (Fsp3) is 0.516. The predicted molar refractivity (Wildman–Crippen MR) is 153 cm³/mol. The molecule has 39 heavy (non-hydrogen) atoms. The average Bonchev–Trinajstić information content (AvgIpc) is 3.37. The first-order valence-corrected chi connectivity index (χ1v) is 14.5. The zero-order valence-corrected chi connectivity index (χ0v) is 23.3. The molecule has 8 nitrogen and oxygen atoms in total. The monoisotopic (exact) mass is 529 g/mol. The van der Waals surface area contributed by atoms with Gasteiger partial charge < -0.3 is 24.6 Å². The molecular formula is C31H39N5O3. The molecule has 3 atom stereocenters. The molecule has 3 aliphatic rings. The molecule has 3 fully saturated rings. The normalized spacial score (nSPS) is 22.9. The molecule has 0 unspecified atom stereocenters. The van der Waals surface area contributed by atoms with E-state index in [0.29, 0.717) is 31.7 Å². The fourth-order valence-electron chi connectivity index (χ4n) is 6.39. The minimum atomic E-state index is -0.0609. The summed E-state index contributed by atoms with van der Waals surface area (Å²) in [5.41, 5.74) is 4.52. The van der Waals surface area contributed by atoms with Gasteiger partial charge >= 0.3 is 12.0 Å². The third-order valence-corrected chi connectivity index (χ3v) is 8.73. The van der Waals surface area contributed by atoms with Crippen LogP contribution in [0, 0.1) is 5.92 Å². The molecule has 0 amide bonds. The maximum atomic E-state index is 11.8. The number of likely N-dealkylation sites (tertiary alicyclic amines) is 1. The summed E-state index contributed by atoms with van der Waals surface area (Å²) in [5.74, 6) is 0.879. The molecule has 4 heterocycles. The zero-order valence-electron chi connectivity index (χ0n) is 23.3. The standard InChI is InChI=1S/C31H39N5O3/c1-4-20-9-6-10-21-11-7-13-25(28(20)21)32-17-26-23(5-2)29(36-16-14-24-27(18-36)39-30(24)37)34-31(33-26)38-19-22-12-8-15-35(22)3/h6-7,9-11,13,22,24,27,32H,4-5,8,12,14-19H2,1-3H3/t22-,24+,27-/m0/s1. The Bertz CT molecular complexity index is 1360. The maximum absolute atomic E-state index is 11.8. The lowest BCUT2D eigenvalue weighted by Crippen LogP contribution is -2.56. The Balaban J connectivity index is 1.31. The largest absolute Gasteiger partial charge is 0.462 e. The number of carbonyl (C=O) groups excluding carboxylic acids is 1. The van der Waals surface area contributed by atoms with Gasteiger partial charge in [-0.2, -0.15) is 9.97 Å². The van der Waals surface area contributed by atoms with E-state index in [2.05, 4.69) is 72.4 Å². The number of rotatable bonds is 9. The third kappa shape index (κ3) is 5.02. The second kappa shape index (κ2) is 11.0. The Hall–Kier alpha value is -3.39. The van der Waals surface area contributed by atoms with E-state index in [-0.39, 0.29) is 18.0 Å². The SMILES string of the molecule is CCc1c(CNc2cccc3cccc(CC)c23)nc(OC[C@@H]2CCCN2C)nc1N1CC[C@H]2C(=O)O[C@H]2C1. The Morgan fingerprint density at radius 1 is 1.08 bits per heavy atom. The van der Waals surface area contributed by atoms with E-state index in [9.17, 15) is 4.79 Å². The van der Waals surface area contributed by atoms with E-state index >= 15 is 0 Å². The molecule has 0 aliphatic carbocycles. The fourth-order valence-corrected chi connectivity index (χ4v) is 6.39. The summed E-state index contributed by atoms with van der Waals surface area (Å²) in [6.45, 7) is 8.06. The number of likely N-dealkylation sites (N-methyl/N-ethyl adjacent to an activating group) is 1. The molecule has 3 saturated heterocycles. The smallest absolute Gasteiger partial charge is 0.318 e. The summed E-state index contributed by atoms with van der Waals surface area (Å²) in [6, 6.07) is 13.7. The van der Waals surface area contributed by atoms with Crippen LogP contribution in [0.25, 0.3) is 10.8 Å². The third-order valence-electron chi connectivity index (χ3n) is 8.73. The van der Waals surface area contributed by atoms with Gasteiger partial charge in [-0.1, -0.05) is 44.2 Å². The number of piperidine rings is 1. The lowest BCUT2D eigenvalue weighted by molar-refractivity contribution is -0.185. The van der Waals surface area contributed by atoms with Crippen LogP contribution in [0.3, 0.4) is 0 Å². The number of ether oxygens (including phenoxy) is 2. The van der Waals surface area contributed by atoms with E-state index in [0.717, 1.165) is 61.5 Å². The van der Waals surface area contributed by atoms with Gasteiger partial charge in [0, 0.05) is 29.2 Å². The Morgan fingerprint density at radius 2 is 1.92 bits per heavy atom. The number of carbonyl (C=O) groups is 1. The van der Waals surface area contributed by atoms with Crippen molar-refractivity contribution in [1.29, 1.82) is 0 Å². The number of benzene rings is 2. The summed E-state index contributed by atoms with van der Waals surface area (Å²) in [7, 11) is 2.15. The minimum Gasteiger partial charge on any atom is -0.462 e. The van der Waals surface area contributed by atoms with Gasteiger partial charge in [0.1, 0.15) is 18.5 Å². The van der Waals surface area contributed by atoms with Gasteiger partial charge in [-0.3, -0.25) is 4.79 Å². The van der Waals surface area contributed by atoms with E-state index in [4.69, 9.17) is 19.4 Å². The first kappa shape index (κ1) is 25.9. The highest BCUT2D eigenvalue weighted by molar-refractivity contribution is 5.96. The van der Waals surface area contributed by atoms with Crippen molar-refractivity contribution in [1.82, 2.24) is 14.9 Å².